The molecule has 1 aliphatic rings. The van der Waals surface area contributed by atoms with E-state index in [1.165, 1.54) is 0 Å². The molecule has 100 valence electrons. The van der Waals surface area contributed by atoms with Gasteiger partial charge in [0.25, 0.3) is 0 Å². The third-order valence-corrected chi connectivity index (χ3v) is 3.33. The molecule has 6 heteroatoms. The molecule has 0 radical (unpaired) electrons. The van der Waals surface area contributed by atoms with E-state index >= 15 is 0 Å². The zero-order valence-electron chi connectivity index (χ0n) is 10.5. The summed E-state index contributed by atoms with van der Waals surface area (Å²) in [5.74, 6) is 0.691. The Bertz CT molecular complexity index is 551. The van der Waals surface area contributed by atoms with Crippen molar-refractivity contribution in [2.24, 2.45) is 0 Å². The van der Waals surface area contributed by atoms with Crippen molar-refractivity contribution in [1.29, 1.82) is 0 Å². The quantitative estimate of drug-likeness (QED) is 0.927. The van der Waals surface area contributed by atoms with Gasteiger partial charge in [-0.2, -0.15) is 4.98 Å². The number of hydrogen-bond acceptors (Lipinski definition) is 5. The van der Waals surface area contributed by atoms with E-state index < -0.39 is 0 Å². The molecule has 1 aromatic heterocycles. The van der Waals surface area contributed by atoms with Gasteiger partial charge in [-0.3, -0.25) is 0 Å². The van der Waals surface area contributed by atoms with E-state index in [4.69, 9.17) is 16.1 Å². The summed E-state index contributed by atoms with van der Waals surface area (Å²) in [6.45, 7) is 3.70. The maximum Gasteiger partial charge on any atom is 0.324 e. The second-order valence-electron chi connectivity index (χ2n) is 4.54. The lowest BCUT2D eigenvalue weighted by Gasteiger charge is -2.24. The van der Waals surface area contributed by atoms with Crippen molar-refractivity contribution >= 4 is 17.6 Å². The highest BCUT2D eigenvalue weighted by Crippen LogP contribution is 2.16. The number of piperazine rings is 1. The number of nitrogens with zero attached hydrogens (tertiary/aromatic N) is 3. The molecule has 5 nitrogen and oxygen atoms in total. The van der Waals surface area contributed by atoms with E-state index in [-0.39, 0.29) is 0 Å². The Morgan fingerprint density at radius 2 is 2.16 bits per heavy atom. The minimum Gasteiger partial charge on any atom is -0.322 e. The van der Waals surface area contributed by atoms with Gasteiger partial charge in [0.15, 0.2) is 5.82 Å². The first kappa shape index (κ1) is 12.4. The summed E-state index contributed by atoms with van der Waals surface area (Å²) >= 11 is 5.96. The Kier molecular flexibility index (Phi) is 3.66. The molecule has 0 spiro atoms. The van der Waals surface area contributed by atoms with Crippen molar-refractivity contribution in [3.63, 3.8) is 0 Å². The maximum absolute atomic E-state index is 5.96. The average Bonchev–Trinajstić information content (AvgIpc) is 2.88. The van der Waals surface area contributed by atoms with Crippen LogP contribution in [0.5, 0.6) is 0 Å². The van der Waals surface area contributed by atoms with Gasteiger partial charge in [0.2, 0.25) is 0 Å². The Balaban J connectivity index is 1.70. The molecule has 19 heavy (non-hydrogen) atoms. The second kappa shape index (κ2) is 5.59. The van der Waals surface area contributed by atoms with Crippen LogP contribution in [0.25, 0.3) is 0 Å². The molecular weight excluding hydrogens is 264 g/mol. The van der Waals surface area contributed by atoms with Crippen LogP contribution in [0.2, 0.25) is 5.02 Å². The smallest absolute Gasteiger partial charge is 0.322 e. The molecule has 0 atom stereocenters. The number of anilines is 1. The van der Waals surface area contributed by atoms with E-state index in [9.17, 15) is 0 Å². The Morgan fingerprint density at radius 3 is 2.95 bits per heavy atom. The predicted molar refractivity (Wildman–Crippen MR) is 73.6 cm³/mol. The molecule has 1 N–H and O–H groups in total. The molecule has 0 unspecified atom stereocenters. The SMILES string of the molecule is Clc1cccc(Cc2noc(N3CCNCC3)n2)c1. The normalized spacial score (nSPS) is 15.7. The molecule has 2 aromatic rings. The summed E-state index contributed by atoms with van der Waals surface area (Å²) in [5, 5.41) is 8.04. The number of benzene rings is 1. The van der Waals surface area contributed by atoms with Gasteiger partial charge >= 0.3 is 6.01 Å². The Hall–Kier alpha value is -1.59. The standard InChI is InChI=1S/C13H15ClN4O/c14-11-3-1-2-10(8-11)9-12-16-13(19-17-12)18-6-4-15-5-7-18/h1-3,8,15H,4-7,9H2. The van der Waals surface area contributed by atoms with Crippen LogP contribution < -0.4 is 10.2 Å². The van der Waals surface area contributed by atoms with Gasteiger partial charge in [-0.05, 0) is 17.7 Å². The van der Waals surface area contributed by atoms with Gasteiger partial charge < -0.3 is 14.7 Å². The molecule has 1 aliphatic heterocycles. The summed E-state index contributed by atoms with van der Waals surface area (Å²) in [6.07, 6.45) is 0.635. The summed E-state index contributed by atoms with van der Waals surface area (Å²) < 4.78 is 5.31. The molecular formula is C13H15ClN4O. The van der Waals surface area contributed by atoms with Crippen molar-refractivity contribution in [1.82, 2.24) is 15.5 Å². The molecule has 0 aliphatic carbocycles. The summed E-state index contributed by atoms with van der Waals surface area (Å²) in [4.78, 5) is 6.54. The van der Waals surface area contributed by atoms with Crippen molar-refractivity contribution in [3.05, 3.63) is 40.7 Å². The van der Waals surface area contributed by atoms with Crippen molar-refractivity contribution < 1.29 is 4.52 Å². The van der Waals surface area contributed by atoms with Crippen molar-refractivity contribution in [2.75, 3.05) is 31.1 Å². The lowest BCUT2D eigenvalue weighted by Crippen LogP contribution is -2.43. The van der Waals surface area contributed by atoms with Crippen molar-refractivity contribution in [3.8, 4) is 0 Å². The number of halogens is 1. The second-order valence-corrected chi connectivity index (χ2v) is 4.97. The first-order chi connectivity index (χ1) is 9.31. The molecule has 2 heterocycles. The molecule has 1 saturated heterocycles. The third-order valence-electron chi connectivity index (χ3n) is 3.10. The van der Waals surface area contributed by atoms with Crippen LogP contribution in [0.15, 0.2) is 28.8 Å². The first-order valence-corrected chi connectivity index (χ1v) is 6.72. The number of nitrogens with one attached hydrogen (secondary N) is 1. The van der Waals surface area contributed by atoms with Gasteiger partial charge in [0, 0.05) is 37.6 Å². The zero-order chi connectivity index (χ0) is 13.1. The summed E-state index contributed by atoms with van der Waals surface area (Å²) in [7, 11) is 0. The molecule has 1 fully saturated rings. The van der Waals surface area contributed by atoms with E-state index in [1.807, 2.05) is 24.3 Å². The van der Waals surface area contributed by atoms with Crippen LogP contribution in [0.1, 0.15) is 11.4 Å². The number of rotatable bonds is 3. The van der Waals surface area contributed by atoms with E-state index in [1.54, 1.807) is 0 Å². The summed E-state index contributed by atoms with van der Waals surface area (Å²) in [6, 6.07) is 8.32. The van der Waals surface area contributed by atoms with Crippen LogP contribution in [-0.2, 0) is 6.42 Å². The van der Waals surface area contributed by atoms with Crippen LogP contribution in [0.4, 0.5) is 6.01 Å². The fourth-order valence-corrected chi connectivity index (χ4v) is 2.34. The van der Waals surface area contributed by atoms with E-state index in [0.717, 1.165) is 36.8 Å². The third kappa shape index (κ3) is 3.05. The topological polar surface area (TPSA) is 54.2 Å². The minimum atomic E-state index is 0.610. The van der Waals surface area contributed by atoms with Crippen LogP contribution >= 0.6 is 11.6 Å². The molecule has 1 aromatic carbocycles. The Labute approximate surface area is 116 Å². The van der Waals surface area contributed by atoms with Crippen LogP contribution in [0, 0.1) is 0 Å². The van der Waals surface area contributed by atoms with Gasteiger partial charge in [0.05, 0.1) is 0 Å². The van der Waals surface area contributed by atoms with Crippen molar-refractivity contribution in [2.45, 2.75) is 6.42 Å². The maximum atomic E-state index is 5.96. The highest BCUT2D eigenvalue weighted by Gasteiger charge is 2.16. The highest BCUT2D eigenvalue weighted by atomic mass is 35.5. The van der Waals surface area contributed by atoms with Crippen LogP contribution in [-0.4, -0.2) is 36.3 Å². The molecule has 3 rings (SSSR count). The predicted octanol–water partition coefficient (Wildman–Crippen LogP) is 1.72. The fraction of sp³-hybridized carbons (Fsp3) is 0.385. The van der Waals surface area contributed by atoms with E-state index in [0.29, 0.717) is 18.3 Å². The zero-order valence-corrected chi connectivity index (χ0v) is 11.2. The first-order valence-electron chi connectivity index (χ1n) is 6.34. The van der Waals surface area contributed by atoms with Gasteiger partial charge in [-0.15, -0.1) is 0 Å². The number of hydrogen-bond donors (Lipinski definition) is 1. The molecule has 0 bridgehead atoms. The average molecular weight is 279 g/mol. The van der Waals surface area contributed by atoms with Gasteiger partial charge in [-0.25, -0.2) is 0 Å². The van der Waals surface area contributed by atoms with E-state index in [2.05, 4.69) is 20.4 Å². The fourth-order valence-electron chi connectivity index (χ4n) is 2.13. The lowest BCUT2D eigenvalue weighted by molar-refractivity contribution is 0.399. The minimum absolute atomic E-state index is 0.610. The van der Waals surface area contributed by atoms with Crippen LogP contribution in [0.3, 0.4) is 0 Å². The number of aromatic nitrogens is 2. The largest absolute Gasteiger partial charge is 0.324 e. The summed E-state index contributed by atoms with van der Waals surface area (Å²) in [5.41, 5.74) is 1.08. The lowest BCUT2D eigenvalue weighted by atomic mass is 10.1. The highest BCUT2D eigenvalue weighted by molar-refractivity contribution is 6.30. The monoisotopic (exact) mass is 278 g/mol. The molecule has 0 saturated carbocycles. The van der Waals surface area contributed by atoms with Gasteiger partial charge in [0.1, 0.15) is 0 Å². The Morgan fingerprint density at radius 1 is 1.32 bits per heavy atom. The van der Waals surface area contributed by atoms with Gasteiger partial charge in [-0.1, -0.05) is 28.9 Å². The molecule has 0 amide bonds.